The van der Waals surface area contributed by atoms with Crippen LogP contribution in [0.4, 0.5) is 0 Å². The lowest BCUT2D eigenvalue weighted by Crippen LogP contribution is -2.34. The maximum atomic E-state index is 5.50. The Morgan fingerprint density at radius 2 is 1.88 bits per heavy atom. The highest BCUT2D eigenvalue weighted by atomic mass is 16.5. The van der Waals surface area contributed by atoms with Crippen LogP contribution >= 0.6 is 0 Å². The van der Waals surface area contributed by atoms with Crippen LogP contribution in [0, 0.1) is 0 Å². The van der Waals surface area contributed by atoms with Gasteiger partial charge in [0.05, 0.1) is 19.8 Å². The fourth-order valence-corrected chi connectivity index (χ4v) is 1.53. The molecule has 0 fully saturated rings. The molecule has 0 bridgehead atoms. The quantitative estimate of drug-likeness (QED) is 0.461. The minimum absolute atomic E-state index is 0.405. The summed E-state index contributed by atoms with van der Waals surface area (Å²) in [5, 5.41) is 3.45. The van der Waals surface area contributed by atoms with Crippen molar-refractivity contribution in [2.24, 2.45) is 5.73 Å². The number of nitrogens with two attached hydrogens (primary N) is 1. The van der Waals surface area contributed by atoms with E-state index in [9.17, 15) is 0 Å². The number of ether oxygens (including phenoxy) is 3. The second-order valence-corrected chi connectivity index (χ2v) is 4.00. The molecule has 0 aromatic carbocycles. The van der Waals surface area contributed by atoms with Gasteiger partial charge in [0.15, 0.2) is 0 Å². The monoisotopic (exact) mass is 248 g/mol. The van der Waals surface area contributed by atoms with Crippen LogP contribution in [0.1, 0.15) is 19.3 Å². The lowest BCUT2D eigenvalue weighted by molar-refractivity contribution is 0.0686. The maximum Gasteiger partial charge on any atom is 0.0700 e. The second-order valence-electron chi connectivity index (χ2n) is 4.00. The minimum Gasteiger partial charge on any atom is -0.383 e. The third-order valence-electron chi connectivity index (χ3n) is 2.45. The Hall–Kier alpha value is -0.200. The maximum absolute atomic E-state index is 5.50. The van der Waals surface area contributed by atoms with E-state index >= 15 is 0 Å². The first kappa shape index (κ1) is 16.8. The Kier molecular flexibility index (Phi) is 13.7. The van der Waals surface area contributed by atoms with Gasteiger partial charge in [0.2, 0.25) is 0 Å². The van der Waals surface area contributed by atoms with Crippen molar-refractivity contribution < 1.29 is 14.2 Å². The zero-order valence-corrected chi connectivity index (χ0v) is 11.2. The average molecular weight is 248 g/mol. The molecule has 1 unspecified atom stereocenters. The summed E-state index contributed by atoms with van der Waals surface area (Å²) in [5.74, 6) is 0. The summed E-state index contributed by atoms with van der Waals surface area (Å²) < 4.78 is 15.4. The number of hydrogen-bond donors (Lipinski definition) is 2. The molecule has 0 aliphatic rings. The molecule has 0 saturated heterocycles. The van der Waals surface area contributed by atoms with Crippen molar-refractivity contribution in [2.75, 3.05) is 53.7 Å². The summed E-state index contributed by atoms with van der Waals surface area (Å²) in [4.78, 5) is 0. The molecule has 0 aromatic heterocycles. The third kappa shape index (κ3) is 12.1. The number of nitrogens with one attached hydrogen (secondary N) is 1. The van der Waals surface area contributed by atoms with E-state index in [2.05, 4.69) is 5.32 Å². The van der Waals surface area contributed by atoms with Crippen LogP contribution in [0.25, 0.3) is 0 Å². The van der Waals surface area contributed by atoms with Gasteiger partial charge in [-0.2, -0.15) is 0 Å². The van der Waals surface area contributed by atoms with Crippen LogP contribution in [-0.2, 0) is 14.2 Å². The lowest BCUT2D eigenvalue weighted by Gasteiger charge is -2.17. The van der Waals surface area contributed by atoms with Crippen LogP contribution in [0.15, 0.2) is 0 Å². The van der Waals surface area contributed by atoms with Crippen LogP contribution < -0.4 is 11.1 Å². The molecule has 3 N–H and O–H groups in total. The molecule has 0 spiro atoms. The summed E-state index contributed by atoms with van der Waals surface area (Å²) >= 11 is 0. The van der Waals surface area contributed by atoms with Crippen molar-refractivity contribution >= 4 is 0 Å². The molecule has 0 aliphatic heterocycles. The molecule has 17 heavy (non-hydrogen) atoms. The molecule has 0 aromatic rings. The molecule has 104 valence electrons. The predicted molar refractivity (Wildman–Crippen MR) is 69.3 cm³/mol. The first-order chi connectivity index (χ1) is 8.35. The Balaban J connectivity index is 3.34. The van der Waals surface area contributed by atoms with Gasteiger partial charge in [-0.3, -0.25) is 0 Å². The van der Waals surface area contributed by atoms with Gasteiger partial charge in [-0.15, -0.1) is 0 Å². The van der Waals surface area contributed by atoms with E-state index in [1.807, 2.05) is 0 Å². The zero-order valence-electron chi connectivity index (χ0n) is 11.2. The summed E-state index contributed by atoms with van der Waals surface area (Å²) in [6.07, 6.45) is 3.10. The van der Waals surface area contributed by atoms with E-state index in [0.29, 0.717) is 19.3 Å². The van der Waals surface area contributed by atoms with E-state index in [1.54, 1.807) is 14.2 Å². The largest absolute Gasteiger partial charge is 0.383 e. The number of rotatable bonds is 13. The Bertz CT molecular complexity index is 148. The SMILES string of the molecule is COCCOCCCNC(CCCN)COC. The molecule has 0 amide bonds. The fraction of sp³-hybridized carbons (Fsp3) is 1.00. The van der Waals surface area contributed by atoms with Crippen molar-refractivity contribution in [2.45, 2.75) is 25.3 Å². The van der Waals surface area contributed by atoms with Crippen LogP contribution in [-0.4, -0.2) is 59.8 Å². The standard InChI is InChI=1S/C12H28N2O3/c1-15-9-10-17-8-4-7-14-12(11-16-2)5-3-6-13/h12,14H,3-11,13H2,1-2H3. The Morgan fingerprint density at radius 1 is 1.06 bits per heavy atom. The average Bonchev–Trinajstić information content (AvgIpc) is 2.34. The first-order valence-electron chi connectivity index (χ1n) is 6.34. The molecular formula is C12H28N2O3. The van der Waals surface area contributed by atoms with Crippen molar-refractivity contribution in [3.63, 3.8) is 0 Å². The summed E-state index contributed by atoms with van der Waals surface area (Å²) in [6, 6.07) is 0.405. The smallest absolute Gasteiger partial charge is 0.0700 e. The molecule has 1 atom stereocenters. The highest BCUT2D eigenvalue weighted by Crippen LogP contribution is 1.97. The summed E-state index contributed by atoms with van der Waals surface area (Å²) in [7, 11) is 3.41. The molecule has 0 heterocycles. The van der Waals surface area contributed by atoms with Gasteiger partial charge in [0, 0.05) is 26.9 Å². The summed E-state index contributed by atoms with van der Waals surface area (Å²) in [6.45, 7) is 4.53. The van der Waals surface area contributed by atoms with E-state index in [-0.39, 0.29) is 0 Å². The highest BCUT2D eigenvalue weighted by Gasteiger charge is 2.06. The number of hydrogen-bond acceptors (Lipinski definition) is 5. The van der Waals surface area contributed by atoms with Crippen LogP contribution in [0.5, 0.6) is 0 Å². The van der Waals surface area contributed by atoms with Crippen molar-refractivity contribution in [3.8, 4) is 0 Å². The number of methoxy groups -OCH3 is 2. The van der Waals surface area contributed by atoms with Crippen LogP contribution in [0.3, 0.4) is 0 Å². The molecule has 5 nitrogen and oxygen atoms in total. The molecule has 0 saturated carbocycles. The second kappa shape index (κ2) is 13.9. The topological polar surface area (TPSA) is 65.7 Å². The summed E-state index contributed by atoms with van der Waals surface area (Å²) in [5.41, 5.74) is 5.50. The first-order valence-corrected chi connectivity index (χ1v) is 6.34. The van der Waals surface area contributed by atoms with Crippen molar-refractivity contribution in [1.29, 1.82) is 0 Å². The van der Waals surface area contributed by atoms with Gasteiger partial charge >= 0.3 is 0 Å². The molecule has 0 rings (SSSR count). The third-order valence-corrected chi connectivity index (χ3v) is 2.45. The molecular weight excluding hydrogens is 220 g/mol. The van der Waals surface area contributed by atoms with Gasteiger partial charge in [-0.25, -0.2) is 0 Å². The van der Waals surface area contributed by atoms with E-state index in [4.69, 9.17) is 19.9 Å². The highest BCUT2D eigenvalue weighted by molar-refractivity contribution is 4.66. The van der Waals surface area contributed by atoms with Gasteiger partial charge in [0.25, 0.3) is 0 Å². The van der Waals surface area contributed by atoms with Crippen molar-refractivity contribution in [1.82, 2.24) is 5.32 Å². The minimum atomic E-state index is 0.405. The molecule has 0 radical (unpaired) electrons. The Labute approximate surface area is 105 Å². The van der Waals surface area contributed by atoms with Crippen LogP contribution in [0.2, 0.25) is 0 Å². The van der Waals surface area contributed by atoms with Gasteiger partial charge in [-0.1, -0.05) is 0 Å². The van der Waals surface area contributed by atoms with Gasteiger partial charge in [-0.05, 0) is 32.4 Å². The van der Waals surface area contributed by atoms with Gasteiger partial charge < -0.3 is 25.3 Å². The van der Waals surface area contributed by atoms with Crippen molar-refractivity contribution in [3.05, 3.63) is 0 Å². The van der Waals surface area contributed by atoms with E-state index in [0.717, 1.165) is 45.6 Å². The molecule has 0 aliphatic carbocycles. The van der Waals surface area contributed by atoms with E-state index < -0.39 is 0 Å². The normalized spacial score (nSPS) is 12.9. The lowest BCUT2D eigenvalue weighted by atomic mass is 10.1. The van der Waals surface area contributed by atoms with E-state index in [1.165, 1.54) is 0 Å². The molecule has 5 heteroatoms. The predicted octanol–water partition coefficient (Wildman–Crippen LogP) is 0.383. The zero-order chi connectivity index (χ0) is 12.8. The fourth-order valence-electron chi connectivity index (χ4n) is 1.53. The Morgan fingerprint density at radius 3 is 2.53 bits per heavy atom. The van der Waals surface area contributed by atoms with Gasteiger partial charge in [0.1, 0.15) is 0 Å².